The van der Waals surface area contributed by atoms with Gasteiger partial charge in [0.2, 0.25) is 15.9 Å². The van der Waals surface area contributed by atoms with Crippen molar-refractivity contribution in [2.24, 2.45) is 5.41 Å². The maximum atomic E-state index is 13.2. The Hall–Kier alpha value is -1.60. The number of sulfonamides is 1. The minimum absolute atomic E-state index is 0.0975. The van der Waals surface area contributed by atoms with E-state index in [1.807, 2.05) is 32.6 Å². The zero-order valence-corrected chi connectivity index (χ0v) is 16.8. The smallest absolute Gasteiger partial charge is 0.247 e. The van der Waals surface area contributed by atoms with Crippen LogP contribution in [0.25, 0.3) is 0 Å². The Kier molecular flexibility index (Phi) is 5.05. The monoisotopic (exact) mass is 380 g/mol. The summed E-state index contributed by atoms with van der Waals surface area (Å²) in [4.78, 5) is 14.8. The minimum Gasteiger partial charge on any atom is -0.487 e. The molecule has 0 saturated carbocycles. The highest BCUT2D eigenvalue weighted by Crippen LogP contribution is 2.36. The van der Waals surface area contributed by atoms with Crippen LogP contribution in [0.1, 0.15) is 40.5 Å². The van der Waals surface area contributed by atoms with Crippen LogP contribution in [0.5, 0.6) is 5.75 Å². The fraction of sp³-hybridized carbons (Fsp3) is 0.632. The third-order valence-corrected chi connectivity index (χ3v) is 7.17. The van der Waals surface area contributed by atoms with Crippen molar-refractivity contribution in [2.75, 3.05) is 19.6 Å². The molecule has 2 atom stereocenters. The highest BCUT2D eigenvalue weighted by molar-refractivity contribution is 7.89. The van der Waals surface area contributed by atoms with Crippen molar-refractivity contribution in [3.8, 4) is 5.75 Å². The lowest BCUT2D eigenvalue weighted by Gasteiger charge is -2.31. The molecule has 0 aliphatic carbocycles. The van der Waals surface area contributed by atoms with E-state index >= 15 is 0 Å². The summed E-state index contributed by atoms with van der Waals surface area (Å²) in [6.45, 7) is 9.09. The molecule has 7 heteroatoms. The average Bonchev–Trinajstić information content (AvgIpc) is 2.81. The number of carbonyl (C=O) groups is 1. The second kappa shape index (κ2) is 6.85. The number of rotatable bonds is 1. The number of carbonyl (C=O) groups excluding carboxylic acids is 1. The summed E-state index contributed by atoms with van der Waals surface area (Å²) < 4.78 is 34.0. The molecule has 1 aromatic carbocycles. The number of amides is 1. The summed E-state index contributed by atoms with van der Waals surface area (Å²) in [7, 11) is -3.62. The van der Waals surface area contributed by atoms with Crippen molar-refractivity contribution in [3.63, 3.8) is 0 Å². The van der Waals surface area contributed by atoms with Gasteiger partial charge in [0, 0.05) is 31.5 Å². The van der Waals surface area contributed by atoms with Gasteiger partial charge in [-0.25, -0.2) is 8.42 Å². The molecule has 1 saturated heterocycles. The SMILES string of the molecule is CCN1[C@H]2CCN(C(=O)C(C)(C)C)CC[C@@H]2Oc2ccccc2S1(=O)=O. The summed E-state index contributed by atoms with van der Waals surface area (Å²) in [6, 6.07) is 6.56. The molecule has 3 rings (SSSR count). The van der Waals surface area contributed by atoms with Gasteiger partial charge in [0.05, 0.1) is 6.04 Å². The molecule has 1 fully saturated rings. The molecule has 0 N–H and O–H groups in total. The van der Waals surface area contributed by atoms with Crippen LogP contribution >= 0.6 is 0 Å². The Morgan fingerprint density at radius 2 is 1.85 bits per heavy atom. The molecule has 2 aliphatic heterocycles. The second-order valence-electron chi connectivity index (χ2n) is 8.00. The van der Waals surface area contributed by atoms with E-state index in [-0.39, 0.29) is 22.9 Å². The van der Waals surface area contributed by atoms with Crippen LogP contribution in [0, 0.1) is 5.41 Å². The zero-order chi connectivity index (χ0) is 19.1. The molecule has 0 aromatic heterocycles. The Balaban J connectivity index is 1.95. The summed E-state index contributed by atoms with van der Waals surface area (Å²) in [5.74, 6) is 0.509. The molecule has 6 nitrogen and oxygen atoms in total. The molecule has 0 unspecified atom stereocenters. The van der Waals surface area contributed by atoms with E-state index < -0.39 is 15.4 Å². The van der Waals surface area contributed by atoms with Gasteiger partial charge < -0.3 is 9.64 Å². The van der Waals surface area contributed by atoms with Gasteiger partial charge in [0.15, 0.2) is 0 Å². The molecule has 26 heavy (non-hydrogen) atoms. The molecule has 0 bridgehead atoms. The van der Waals surface area contributed by atoms with Crippen LogP contribution in [0.4, 0.5) is 0 Å². The predicted octanol–water partition coefficient (Wildman–Crippen LogP) is 2.50. The van der Waals surface area contributed by atoms with E-state index in [2.05, 4.69) is 0 Å². The Labute approximate surface area is 156 Å². The number of likely N-dealkylation sites (tertiary alicyclic amines) is 1. The summed E-state index contributed by atoms with van der Waals surface area (Å²) >= 11 is 0. The van der Waals surface area contributed by atoms with Gasteiger partial charge in [-0.1, -0.05) is 39.8 Å². The number of benzene rings is 1. The number of likely N-dealkylation sites (N-methyl/N-ethyl adjacent to an activating group) is 1. The molecular weight excluding hydrogens is 352 g/mol. The van der Waals surface area contributed by atoms with Gasteiger partial charge in [0.1, 0.15) is 16.7 Å². The molecule has 0 spiro atoms. The highest BCUT2D eigenvalue weighted by atomic mass is 32.2. The second-order valence-corrected chi connectivity index (χ2v) is 9.86. The van der Waals surface area contributed by atoms with Crippen LogP contribution in [-0.4, -0.2) is 55.3 Å². The van der Waals surface area contributed by atoms with Crippen LogP contribution < -0.4 is 4.74 Å². The minimum atomic E-state index is -3.62. The molecular formula is C19H28N2O4S. The molecule has 144 valence electrons. The first-order chi connectivity index (χ1) is 12.2. The number of ether oxygens (including phenoxy) is 1. The molecule has 2 heterocycles. The third-order valence-electron chi connectivity index (χ3n) is 5.13. The van der Waals surface area contributed by atoms with Crippen molar-refractivity contribution in [1.82, 2.24) is 9.21 Å². The zero-order valence-electron chi connectivity index (χ0n) is 15.9. The van der Waals surface area contributed by atoms with Crippen LogP contribution in [-0.2, 0) is 14.8 Å². The van der Waals surface area contributed by atoms with Gasteiger partial charge in [-0.05, 0) is 18.6 Å². The van der Waals surface area contributed by atoms with E-state index in [0.29, 0.717) is 38.2 Å². The summed E-state index contributed by atoms with van der Waals surface area (Å²) in [5.41, 5.74) is -0.448. The first kappa shape index (κ1) is 19.2. The highest BCUT2D eigenvalue weighted by Gasteiger charge is 2.43. The van der Waals surface area contributed by atoms with Crippen molar-refractivity contribution in [3.05, 3.63) is 24.3 Å². The normalized spacial score (nSPS) is 26.1. The van der Waals surface area contributed by atoms with E-state index in [1.165, 1.54) is 0 Å². The molecule has 0 radical (unpaired) electrons. The van der Waals surface area contributed by atoms with Gasteiger partial charge >= 0.3 is 0 Å². The quantitative estimate of drug-likeness (QED) is 0.751. The number of nitrogens with zero attached hydrogens (tertiary/aromatic N) is 2. The number of hydrogen-bond acceptors (Lipinski definition) is 4. The maximum absolute atomic E-state index is 13.2. The van der Waals surface area contributed by atoms with Gasteiger partial charge in [-0.3, -0.25) is 4.79 Å². The van der Waals surface area contributed by atoms with E-state index in [9.17, 15) is 13.2 Å². The maximum Gasteiger partial charge on any atom is 0.247 e. The van der Waals surface area contributed by atoms with Crippen molar-refractivity contribution in [2.45, 2.75) is 57.6 Å². The number of hydrogen-bond donors (Lipinski definition) is 0. The van der Waals surface area contributed by atoms with E-state index in [0.717, 1.165) is 0 Å². The number of fused-ring (bicyclic) bond motifs is 2. The molecule has 2 aliphatic rings. The third kappa shape index (κ3) is 3.34. The van der Waals surface area contributed by atoms with Gasteiger partial charge in [-0.2, -0.15) is 4.31 Å². The Morgan fingerprint density at radius 1 is 1.19 bits per heavy atom. The number of para-hydroxylation sites is 1. The van der Waals surface area contributed by atoms with Gasteiger partial charge in [0.25, 0.3) is 0 Å². The molecule has 1 aromatic rings. The standard InChI is InChI=1S/C19H28N2O4S/c1-5-21-14-10-12-20(18(22)19(2,3)4)13-11-15(14)25-16-8-6-7-9-17(16)26(21,23)24/h6-9,14-15H,5,10-13H2,1-4H3/t14-,15-/m0/s1. The Morgan fingerprint density at radius 3 is 2.50 bits per heavy atom. The first-order valence-electron chi connectivity index (χ1n) is 9.23. The van der Waals surface area contributed by atoms with Gasteiger partial charge in [-0.15, -0.1) is 0 Å². The first-order valence-corrected chi connectivity index (χ1v) is 10.7. The van der Waals surface area contributed by atoms with Crippen molar-refractivity contribution < 1.29 is 17.9 Å². The lowest BCUT2D eigenvalue weighted by Crippen LogP contribution is -2.47. The lowest BCUT2D eigenvalue weighted by molar-refractivity contribution is -0.139. The van der Waals surface area contributed by atoms with Crippen LogP contribution in [0.15, 0.2) is 29.2 Å². The summed E-state index contributed by atoms with van der Waals surface area (Å²) in [5, 5.41) is 0. The topological polar surface area (TPSA) is 66.9 Å². The fourth-order valence-corrected chi connectivity index (χ4v) is 5.65. The van der Waals surface area contributed by atoms with Crippen molar-refractivity contribution >= 4 is 15.9 Å². The molecule has 1 amide bonds. The lowest BCUT2D eigenvalue weighted by atomic mass is 9.94. The average molecular weight is 381 g/mol. The predicted molar refractivity (Wildman–Crippen MR) is 99.5 cm³/mol. The fourth-order valence-electron chi connectivity index (χ4n) is 3.84. The largest absolute Gasteiger partial charge is 0.487 e. The summed E-state index contributed by atoms with van der Waals surface area (Å²) in [6.07, 6.45) is 0.937. The van der Waals surface area contributed by atoms with Crippen LogP contribution in [0.2, 0.25) is 0 Å². The van der Waals surface area contributed by atoms with Crippen LogP contribution in [0.3, 0.4) is 0 Å². The Bertz CT molecular complexity index is 785. The van der Waals surface area contributed by atoms with Crippen molar-refractivity contribution in [1.29, 1.82) is 0 Å². The van der Waals surface area contributed by atoms with E-state index in [1.54, 1.807) is 28.6 Å². The van der Waals surface area contributed by atoms with E-state index in [4.69, 9.17) is 4.74 Å².